The van der Waals surface area contributed by atoms with Crippen LogP contribution in [-0.2, 0) is 7.05 Å². The van der Waals surface area contributed by atoms with E-state index in [2.05, 4.69) is 59.9 Å². The van der Waals surface area contributed by atoms with E-state index < -0.39 is 0 Å². The first-order valence-corrected chi connectivity index (χ1v) is 9.71. The van der Waals surface area contributed by atoms with Gasteiger partial charge in [0, 0.05) is 11.3 Å². The number of rotatable bonds is 2. The van der Waals surface area contributed by atoms with Gasteiger partial charge in [-0.1, -0.05) is 30.0 Å². The molecule has 1 nitrogen and oxygen atoms in total. The van der Waals surface area contributed by atoms with Crippen LogP contribution in [-0.4, -0.2) is 5.25 Å². The molecule has 0 unspecified atom stereocenters. The molecular formula is C20H24NS+. The van der Waals surface area contributed by atoms with Crippen LogP contribution in [0.3, 0.4) is 0 Å². The number of nitrogens with zero attached hydrogens (tertiary/aromatic N) is 1. The highest BCUT2D eigenvalue weighted by Gasteiger charge is 2.51. The SMILES string of the molecule is C[n+]1ccc2ccccc2c1S[C@H]1CC[C@@H]2C[C@@H]3C[C@@H]2[C@@H]1C3. The smallest absolute Gasteiger partial charge is 0.195 e. The van der Waals surface area contributed by atoms with E-state index in [1.165, 1.54) is 35.1 Å². The van der Waals surface area contributed by atoms with E-state index in [1.54, 1.807) is 12.8 Å². The highest BCUT2D eigenvalue weighted by Crippen LogP contribution is 2.60. The van der Waals surface area contributed by atoms with Gasteiger partial charge in [0.25, 0.3) is 0 Å². The van der Waals surface area contributed by atoms with Gasteiger partial charge in [0.1, 0.15) is 7.05 Å². The Hall–Kier alpha value is -1.02. The summed E-state index contributed by atoms with van der Waals surface area (Å²) >= 11 is 2.18. The fourth-order valence-electron chi connectivity index (χ4n) is 5.63. The standard InChI is InChI=1S/C20H24NS/c1-21-9-8-14-4-2-3-5-16(14)20(21)22-19-7-6-15-10-13-11-17(15)18(19)12-13/h2-5,8-9,13,15,17-19H,6-7,10-12H2,1H3/q+1/t13-,15-,17+,18+,19+/m1/s1. The Morgan fingerprint density at radius 1 is 1.00 bits per heavy atom. The van der Waals surface area contributed by atoms with Gasteiger partial charge in [-0.3, -0.25) is 0 Å². The zero-order chi connectivity index (χ0) is 14.7. The molecule has 1 aromatic heterocycles. The number of aromatic nitrogens is 1. The van der Waals surface area contributed by atoms with Crippen molar-refractivity contribution in [3.8, 4) is 0 Å². The summed E-state index contributed by atoms with van der Waals surface area (Å²) < 4.78 is 2.34. The molecule has 0 saturated heterocycles. The molecule has 2 aromatic rings. The molecule has 2 bridgehead atoms. The summed E-state index contributed by atoms with van der Waals surface area (Å²) in [6, 6.07) is 11.1. The molecule has 2 heteroatoms. The summed E-state index contributed by atoms with van der Waals surface area (Å²) in [7, 11) is 2.21. The van der Waals surface area contributed by atoms with E-state index in [0.717, 1.165) is 28.9 Å². The summed E-state index contributed by atoms with van der Waals surface area (Å²) in [5.74, 6) is 4.23. The number of aryl methyl sites for hydroxylation is 1. The Morgan fingerprint density at radius 2 is 1.86 bits per heavy atom. The lowest BCUT2D eigenvalue weighted by Crippen LogP contribution is -2.37. The molecule has 0 radical (unpaired) electrons. The van der Waals surface area contributed by atoms with Crippen molar-refractivity contribution >= 4 is 22.5 Å². The number of hydrogen-bond donors (Lipinski definition) is 0. The lowest BCUT2D eigenvalue weighted by atomic mass is 9.71. The Labute approximate surface area is 137 Å². The zero-order valence-electron chi connectivity index (χ0n) is 13.2. The van der Waals surface area contributed by atoms with Gasteiger partial charge in [-0.15, -0.1) is 0 Å². The van der Waals surface area contributed by atoms with Gasteiger partial charge >= 0.3 is 0 Å². The first-order valence-electron chi connectivity index (χ1n) is 8.83. The van der Waals surface area contributed by atoms with E-state index in [1.807, 2.05) is 0 Å². The van der Waals surface area contributed by atoms with Crippen molar-refractivity contribution in [2.24, 2.45) is 30.7 Å². The van der Waals surface area contributed by atoms with Crippen molar-refractivity contribution < 1.29 is 4.57 Å². The molecule has 1 heterocycles. The maximum atomic E-state index is 2.34. The molecule has 0 N–H and O–H groups in total. The lowest BCUT2D eigenvalue weighted by molar-refractivity contribution is -0.706. The molecule has 3 aliphatic rings. The average Bonchev–Trinajstić information content (AvgIpc) is 3.13. The van der Waals surface area contributed by atoms with Crippen LogP contribution in [0.1, 0.15) is 32.1 Å². The Balaban J connectivity index is 1.50. The maximum Gasteiger partial charge on any atom is 0.248 e. The number of benzene rings is 1. The summed E-state index contributed by atoms with van der Waals surface area (Å²) in [5.41, 5.74) is 0. The summed E-state index contributed by atoms with van der Waals surface area (Å²) in [6.07, 6.45) is 9.79. The normalized spacial score (nSPS) is 36.1. The molecule has 5 rings (SSSR count). The first-order chi connectivity index (χ1) is 10.8. The van der Waals surface area contributed by atoms with Gasteiger partial charge in [-0.25, -0.2) is 0 Å². The fraction of sp³-hybridized carbons (Fsp3) is 0.550. The number of hydrogen-bond acceptors (Lipinski definition) is 1. The fourth-order valence-corrected chi connectivity index (χ4v) is 7.20. The molecule has 0 spiro atoms. The van der Waals surface area contributed by atoms with E-state index >= 15 is 0 Å². The Morgan fingerprint density at radius 3 is 2.77 bits per heavy atom. The Kier molecular flexibility index (Phi) is 3.04. The molecule has 1 aromatic carbocycles. The van der Waals surface area contributed by atoms with Crippen molar-refractivity contribution in [2.75, 3.05) is 0 Å². The molecule has 22 heavy (non-hydrogen) atoms. The molecule has 0 amide bonds. The van der Waals surface area contributed by atoms with Crippen molar-refractivity contribution in [2.45, 2.75) is 42.4 Å². The van der Waals surface area contributed by atoms with E-state index in [9.17, 15) is 0 Å². The van der Waals surface area contributed by atoms with Crippen LogP contribution in [0.2, 0.25) is 0 Å². The number of pyridine rings is 1. The lowest BCUT2D eigenvalue weighted by Gasteiger charge is -2.40. The second kappa shape index (κ2) is 4.99. The van der Waals surface area contributed by atoms with Gasteiger partial charge in [0.15, 0.2) is 6.20 Å². The second-order valence-corrected chi connectivity index (χ2v) is 8.94. The zero-order valence-corrected chi connectivity index (χ0v) is 14.1. The summed E-state index contributed by atoms with van der Waals surface area (Å²) in [6.45, 7) is 0. The quantitative estimate of drug-likeness (QED) is 0.734. The topological polar surface area (TPSA) is 3.88 Å². The summed E-state index contributed by atoms with van der Waals surface area (Å²) in [4.78, 5) is 0. The highest BCUT2D eigenvalue weighted by atomic mass is 32.2. The van der Waals surface area contributed by atoms with Crippen LogP contribution >= 0.6 is 11.8 Å². The van der Waals surface area contributed by atoms with Gasteiger partial charge in [0.05, 0.1) is 5.39 Å². The summed E-state index contributed by atoms with van der Waals surface area (Å²) in [5, 5.41) is 5.14. The van der Waals surface area contributed by atoms with Crippen LogP contribution in [0, 0.1) is 23.7 Å². The third-order valence-corrected chi connectivity index (χ3v) is 8.17. The minimum absolute atomic E-state index is 0.851. The number of thioether (sulfide) groups is 1. The molecule has 3 saturated carbocycles. The molecule has 114 valence electrons. The van der Waals surface area contributed by atoms with Crippen molar-refractivity contribution in [1.29, 1.82) is 0 Å². The van der Waals surface area contributed by atoms with Crippen molar-refractivity contribution in [1.82, 2.24) is 0 Å². The molecule has 3 aliphatic carbocycles. The molecule has 5 atom stereocenters. The highest BCUT2D eigenvalue weighted by molar-refractivity contribution is 8.00. The van der Waals surface area contributed by atoms with Gasteiger partial charge in [0.2, 0.25) is 5.03 Å². The third kappa shape index (κ3) is 1.96. The number of fused-ring (bicyclic) bond motifs is 2. The second-order valence-electron chi connectivity index (χ2n) is 7.71. The van der Waals surface area contributed by atoms with Gasteiger partial charge < -0.3 is 0 Å². The Bertz CT molecular complexity index is 725. The molecular weight excluding hydrogens is 286 g/mol. The van der Waals surface area contributed by atoms with E-state index in [4.69, 9.17) is 0 Å². The molecule has 0 aliphatic heterocycles. The van der Waals surface area contributed by atoms with Gasteiger partial charge in [-0.2, -0.15) is 4.57 Å². The van der Waals surface area contributed by atoms with Crippen LogP contribution in [0.25, 0.3) is 10.8 Å². The van der Waals surface area contributed by atoms with Crippen molar-refractivity contribution in [3.05, 3.63) is 36.5 Å². The minimum Gasteiger partial charge on any atom is -0.195 e. The van der Waals surface area contributed by atoms with Crippen LogP contribution in [0.4, 0.5) is 0 Å². The largest absolute Gasteiger partial charge is 0.248 e. The minimum atomic E-state index is 0.851. The van der Waals surface area contributed by atoms with E-state index in [0.29, 0.717) is 0 Å². The predicted molar refractivity (Wildman–Crippen MR) is 91.8 cm³/mol. The molecule has 3 fully saturated rings. The average molecular weight is 310 g/mol. The first kappa shape index (κ1) is 13.4. The maximum absolute atomic E-state index is 2.34. The van der Waals surface area contributed by atoms with Crippen molar-refractivity contribution in [3.63, 3.8) is 0 Å². The van der Waals surface area contributed by atoms with Gasteiger partial charge in [-0.05, 0) is 67.2 Å². The monoisotopic (exact) mass is 310 g/mol. The van der Waals surface area contributed by atoms with E-state index in [-0.39, 0.29) is 0 Å². The van der Waals surface area contributed by atoms with Crippen LogP contribution < -0.4 is 4.57 Å². The van der Waals surface area contributed by atoms with Crippen LogP contribution in [0.5, 0.6) is 0 Å². The predicted octanol–water partition coefficient (Wildman–Crippen LogP) is 4.58. The third-order valence-electron chi connectivity index (χ3n) is 6.55. The van der Waals surface area contributed by atoms with Crippen LogP contribution in [0.15, 0.2) is 41.6 Å².